The van der Waals surface area contributed by atoms with Gasteiger partial charge in [0.15, 0.2) is 5.82 Å². The number of primary amides is 2. The molecule has 0 fully saturated rings. The first-order chi connectivity index (χ1) is 14.9. The number of nitrogens with zero attached hydrogens (tertiary/aromatic N) is 2. The van der Waals surface area contributed by atoms with Crippen molar-refractivity contribution in [2.24, 2.45) is 11.5 Å². The molecule has 1 heterocycles. The third kappa shape index (κ3) is 4.63. The van der Waals surface area contributed by atoms with Gasteiger partial charge in [-0.05, 0) is 73.7 Å². The Hall–Kier alpha value is -3.94. The number of fused-ring (bicyclic) bond motifs is 1. The third-order valence-electron chi connectivity index (χ3n) is 5.19. The van der Waals surface area contributed by atoms with Gasteiger partial charge in [-0.25, -0.2) is 9.97 Å². The molecular weight excluding hydrogens is 394 g/mol. The van der Waals surface area contributed by atoms with Crippen LogP contribution in [0.25, 0.3) is 11.4 Å². The molecule has 0 saturated heterocycles. The van der Waals surface area contributed by atoms with Crippen LogP contribution in [0.3, 0.4) is 0 Å². The number of amides is 2. The van der Waals surface area contributed by atoms with Crippen LogP contribution in [-0.2, 0) is 17.6 Å². The van der Waals surface area contributed by atoms with E-state index in [1.165, 1.54) is 23.6 Å². The Morgan fingerprint density at radius 3 is 2.39 bits per heavy atom. The molecule has 1 unspecified atom stereocenters. The van der Waals surface area contributed by atoms with Gasteiger partial charge in [0.1, 0.15) is 29.1 Å². The summed E-state index contributed by atoms with van der Waals surface area (Å²) in [7, 11) is 0. The number of carbonyl (C=O) groups is 2. The predicted molar refractivity (Wildman–Crippen MR) is 117 cm³/mol. The smallest absolute Gasteiger partial charge is 0.267 e. The fourth-order valence-corrected chi connectivity index (χ4v) is 3.49. The Kier molecular flexibility index (Phi) is 5.53. The van der Waals surface area contributed by atoms with Crippen molar-refractivity contribution < 1.29 is 14.3 Å². The molecule has 8 heteroatoms. The van der Waals surface area contributed by atoms with Crippen LogP contribution >= 0.6 is 0 Å². The Morgan fingerprint density at radius 2 is 1.68 bits per heavy atom. The van der Waals surface area contributed by atoms with E-state index in [1.54, 1.807) is 19.1 Å². The largest absolute Gasteiger partial charge is 0.457 e. The van der Waals surface area contributed by atoms with E-state index in [4.69, 9.17) is 16.2 Å². The number of benzene rings is 2. The summed E-state index contributed by atoms with van der Waals surface area (Å²) in [5.74, 6) is 0.799. The molecule has 0 saturated carbocycles. The van der Waals surface area contributed by atoms with Crippen molar-refractivity contribution in [2.45, 2.75) is 32.2 Å². The Balaban J connectivity index is 1.57. The number of nitrogens with one attached hydrogen (secondary N) is 1. The zero-order chi connectivity index (χ0) is 22.0. The van der Waals surface area contributed by atoms with Crippen LogP contribution in [0.2, 0.25) is 0 Å². The number of rotatable bonds is 7. The molecule has 8 nitrogen and oxygen atoms in total. The summed E-state index contributed by atoms with van der Waals surface area (Å²) >= 11 is 0. The van der Waals surface area contributed by atoms with E-state index >= 15 is 0 Å². The van der Waals surface area contributed by atoms with Crippen LogP contribution in [0.15, 0.2) is 48.5 Å². The maximum Gasteiger partial charge on any atom is 0.267 e. The van der Waals surface area contributed by atoms with Gasteiger partial charge in [-0.3, -0.25) is 9.59 Å². The number of hydrogen-bond acceptors (Lipinski definition) is 6. The second kappa shape index (κ2) is 8.43. The lowest BCUT2D eigenvalue weighted by atomic mass is 10.1. The summed E-state index contributed by atoms with van der Waals surface area (Å²) in [5, 5.41) is 2.85. The summed E-state index contributed by atoms with van der Waals surface area (Å²) in [6.45, 7) is 1.60. The van der Waals surface area contributed by atoms with Crippen LogP contribution < -0.4 is 21.5 Å². The fourth-order valence-electron chi connectivity index (χ4n) is 3.49. The van der Waals surface area contributed by atoms with Crippen LogP contribution in [0.4, 0.5) is 5.82 Å². The van der Waals surface area contributed by atoms with Crippen molar-refractivity contribution in [3.8, 4) is 22.9 Å². The van der Waals surface area contributed by atoms with Crippen LogP contribution in [0, 0.1) is 0 Å². The molecule has 0 radical (unpaired) electrons. The maximum atomic E-state index is 11.7. The first-order valence-electron chi connectivity index (χ1n) is 10.0. The first kappa shape index (κ1) is 20.3. The van der Waals surface area contributed by atoms with Gasteiger partial charge in [0.05, 0.1) is 0 Å². The highest BCUT2D eigenvalue weighted by Crippen LogP contribution is 2.30. The molecule has 1 aliphatic carbocycles. The fraction of sp³-hybridized carbons (Fsp3) is 0.217. The lowest BCUT2D eigenvalue weighted by Crippen LogP contribution is -2.33. The number of carbonyl (C=O) groups excluding carboxylic acids is 2. The molecule has 0 spiro atoms. The second-order valence-corrected chi connectivity index (χ2v) is 7.51. The van der Waals surface area contributed by atoms with E-state index < -0.39 is 17.9 Å². The Labute approximate surface area is 179 Å². The molecule has 1 aliphatic rings. The molecule has 158 valence electrons. The monoisotopic (exact) mass is 417 g/mol. The molecular formula is C23H23N5O3. The average Bonchev–Trinajstić information content (AvgIpc) is 3.22. The van der Waals surface area contributed by atoms with Crippen molar-refractivity contribution in [1.82, 2.24) is 9.97 Å². The maximum absolute atomic E-state index is 11.7. The molecule has 1 atom stereocenters. The molecule has 2 amide bonds. The SMILES string of the molecule is CC(Nc1cc(C(N)=O)nc(-c2ccc(Oc3ccc4c(c3)CCC4)cc2)n1)C(N)=O. The van der Waals surface area contributed by atoms with Gasteiger partial charge in [0, 0.05) is 11.6 Å². The summed E-state index contributed by atoms with van der Waals surface area (Å²) in [5.41, 5.74) is 14.1. The van der Waals surface area contributed by atoms with Gasteiger partial charge in [-0.2, -0.15) is 0 Å². The Morgan fingerprint density at radius 1 is 0.968 bits per heavy atom. The molecule has 1 aromatic heterocycles. The van der Waals surface area contributed by atoms with Crippen LogP contribution in [-0.4, -0.2) is 27.8 Å². The molecule has 4 rings (SSSR count). The number of aryl methyl sites for hydroxylation is 2. The van der Waals surface area contributed by atoms with Gasteiger partial charge in [-0.15, -0.1) is 0 Å². The standard InChI is InChI=1S/C23H23N5O3/c1-13(21(24)29)26-20-12-19(22(25)30)27-23(28-20)15-6-8-17(9-7-15)31-18-10-5-14-3-2-4-16(14)11-18/h5-13H,2-4H2,1H3,(H2,24,29)(H2,25,30)(H,26,27,28). The first-order valence-corrected chi connectivity index (χ1v) is 10.0. The van der Waals surface area contributed by atoms with E-state index in [-0.39, 0.29) is 11.5 Å². The minimum Gasteiger partial charge on any atom is -0.457 e. The predicted octanol–water partition coefficient (Wildman–Crippen LogP) is 2.81. The van der Waals surface area contributed by atoms with E-state index in [2.05, 4.69) is 27.4 Å². The van der Waals surface area contributed by atoms with Crippen LogP contribution in [0.5, 0.6) is 11.5 Å². The molecule has 5 N–H and O–H groups in total. The van der Waals surface area contributed by atoms with E-state index in [1.807, 2.05) is 18.2 Å². The Bertz CT molecular complexity index is 1140. The van der Waals surface area contributed by atoms with Gasteiger partial charge < -0.3 is 21.5 Å². The molecule has 31 heavy (non-hydrogen) atoms. The summed E-state index contributed by atoms with van der Waals surface area (Å²) < 4.78 is 5.98. The topological polar surface area (TPSA) is 133 Å². The lowest BCUT2D eigenvalue weighted by Gasteiger charge is -2.13. The quantitative estimate of drug-likeness (QED) is 0.541. The molecule has 0 aliphatic heterocycles. The normalized spacial score (nSPS) is 13.3. The van der Waals surface area contributed by atoms with E-state index in [0.29, 0.717) is 17.1 Å². The number of anilines is 1. The average molecular weight is 417 g/mol. The molecule has 0 bridgehead atoms. The van der Waals surface area contributed by atoms with Crippen molar-refractivity contribution in [1.29, 1.82) is 0 Å². The van der Waals surface area contributed by atoms with Gasteiger partial charge in [0.25, 0.3) is 5.91 Å². The zero-order valence-corrected chi connectivity index (χ0v) is 17.1. The number of ether oxygens (including phenoxy) is 1. The highest BCUT2D eigenvalue weighted by molar-refractivity contribution is 5.92. The third-order valence-corrected chi connectivity index (χ3v) is 5.19. The highest BCUT2D eigenvalue weighted by atomic mass is 16.5. The van der Waals surface area contributed by atoms with Gasteiger partial charge in [0.2, 0.25) is 5.91 Å². The second-order valence-electron chi connectivity index (χ2n) is 7.51. The summed E-state index contributed by atoms with van der Waals surface area (Å²) in [6, 6.07) is 14.1. The van der Waals surface area contributed by atoms with Crippen molar-refractivity contribution >= 4 is 17.6 Å². The van der Waals surface area contributed by atoms with Crippen LogP contribution in [0.1, 0.15) is 35.0 Å². The summed E-state index contributed by atoms with van der Waals surface area (Å²) in [4.78, 5) is 31.6. The van der Waals surface area contributed by atoms with Gasteiger partial charge >= 0.3 is 0 Å². The minimum absolute atomic E-state index is 0.0302. The van der Waals surface area contributed by atoms with Crippen molar-refractivity contribution in [3.63, 3.8) is 0 Å². The molecule has 3 aromatic rings. The number of nitrogens with two attached hydrogens (primary N) is 2. The zero-order valence-electron chi connectivity index (χ0n) is 17.1. The minimum atomic E-state index is -0.699. The number of aromatic nitrogens is 2. The van der Waals surface area contributed by atoms with Crippen molar-refractivity contribution in [3.05, 3.63) is 65.4 Å². The van der Waals surface area contributed by atoms with E-state index in [0.717, 1.165) is 18.6 Å². The summed E-state index contributed by atoms with van der Waals surface area (Å²) in [6.07, 6.45) is 3.40. The van der Waals surface area contributed by atoms with Gasteiger partial charge in [-0.1, -0.05) is 6.07 Å². The van der Waals surface area contributed by atoms with E-state index in [9.17, 15) is 9.59 Å². The number of hydrogen-bond donors (Lipinski definition) is 3. The van der Waals surface area contributed by atoms with Crippen molar-refractivity contribution in [2.75, 3.05) is 5.32 Å². The highest BCUT2D eigenvalue weighted by Gasteiger charge is 2.15. The molecule has 2 aromatic carbocycles. The lowest BCUT2D eigenvalue weighted by molar-refractivity contribution is -0.118.